The normalized spacial score (nSPS) is 17.2. The van der Waals surface area contributed by atoms with E-state index in [9.17, 15) is 8.42 Å². The maximum Gasteiger partial charge on any atom is 0.232 e. The number of hydrogen-bond acceptors (Lipinski definition) is 5. The molecule has 114 valence electrons. The van der Waals surface area contributed by atoms with Crippen molar-refractivity contribution in [3.63, 3.8) is 0 Å². The van der Waals surface area contributed by atoms with Crippen LogP contribution >= 0.6 is 0 Å². The third-order valence-corrected chi connectivity index (χ3v) is 4.69. The number of nitrogens with one attached hydrogen (secondary N) is 2. The molecule has 2 rings (SSSR count). The highest BCUT2D eigenvalue weighted by molar-refractivity contribution is 7.92. The van der Waals surface area contributed by atoms with Crippen molar-refractivity contribution in [2.24, 2.45) is 0 Å². The zero-order valence-electron chi connectivity index (χ0n) is 11.7. The fourth-order valence-electron chi connectivity index (χ4n) is 2.29. The summed E-state index contributed by atoms with van der Waals surface area (Å²) in [7, 11) is -1.76. The van der Waals surface area contributed by atoms with Gasteiger partial charge in [-0.15, -0.1) is 0 Å². The molecule has 0 radical (unpaired) electrons. The van der Waals surface area contributed by atoms with Crippen molar-refractivity contribution in [3.05, 3.63) is 12.4 Å². The maximum atomic E-state index is 11.8. The van der Waals surface area contributed by atoms with Crippen LogP contribution in [0.25, 0.3) is 0 Å². The van der Waals surface area contributed by atoms with E-state index in [0.29, 0.717) is 24.8 Å². The number of hydrogen-bond donors (Lipinski definition) is 2. The molecule has 1 aromatic rings. The summed E-state index contributed by atoms with van der Waals surface area (Å²) in [6, 6.07) is 0.350. The molecule has 0 aliphatic carbocycles. The molecule has 0 amide bonds. The second kappa shape index (κ2) is 7.05. The molecule has 1 aliphatic heterocycles. The number of methoxy groups -OCH3 is 1. The first kappa shape index (κ1) is 15.3. The first-order valence-electron chi connectivity index (χ1n) is 6.85. The molecule has 2 N–H and O–H groups in total. The summed E-state index contributed by atoms with van der Waals surface area (Å²) >= 11 is 0. The fourth-order valence-corrected chi connectivity index (χ4v) is 3.35. The van der Waals surface area contributed by atoms with Gasteiger partial charge in [0.25, 0.3) is 0 Å². The fraction of sp³-hybridized carbons (Fsp3) is 0.750. The summed E-state index contributed by atoms with van der Waals surface area (Å²) in [5.41, 5.74) is 0.529. The van der Waals surface area contributed by atoms with Crippen molar-refractivity contribution >= 4 is 15.7 Å². The Balaban J connectivity index is 1.91. The van der Waals surface area contributed by atoms with E-state index in [2.05, 4.69) is 15.1 Å². The van der Waals surface area contributed by atoms with Crippen molar-refractivity contribution in [1.82, 2.24) is 15.1 Å². The highest BCUT2D eigenvalue weighted by Crippen LogP contribution is 2.20. The molecule has 8 heteroatoms. The van der Waals surface area contributed by atoms with Gasteiger partial charge in [0, 0.05) is 19.9 Å². The van der Waals surface area contributed by atoms with E-state index in [1.54, 1.807) is 19.5 Å². The largest absolute Gasteiger partial charge is 0.385 e. The van der Waals surface area contributed by atoms with Gasteiger partial charge in [-0.3, -0.25) is 9.40 Å². The monoisotopic (exact) mass is 302 g/mol. The molecule has 0 spiro atoms. The molecule has 0 aromatic carbocycles. The first-order valence-corrected chi connectivity index (χ1v) is 8.50. The molecule has 0 atom stereocenters. The molecule has 0 unspecified atom stereocenters. The van der Waals surface area contributed by atoms with Crippen molar-refractivity contribution in [1.29, 1.82) is 0 Å². The number of ether oxygens (including phenoxy) is 1. The van der Waals surface area contributed by atoms with Gasteiger partial charge in [-0.05, 0) is 32.4 Å². The summed E-state index contributed by atoms with van der Waals surface area (Å²) in [5.74, 6) is 0.0549. The van der Waals surface area contributed by atoms with Crippen LogP contribution < -0.4 is 10.0 Å². The molecule has 1 fully saturated rings. The van der Waals surface area contributed by atoms with Gasteiger partial charge in [0.2, 0.25) is 10.0 Å². The SMILES string of the molecule is COCCCS(=O)(=O)Nc1cnn(C2CCNCC2)c1. The molecule has 1 aliphatic rings. The molecule has 2 heterocycles. The molecule has 1 saturated heterocycles. The van der Waals surface area contributed by atoms with Crippen molar-refractivity contribution in [2.45, 2.75) is 25.3 Å². The van der Waals surface area contributed by atoms with Crippen LogP contribution in [0.2, 0.25) is 0 Å². The van der Waals surface area contributed by atoms with Gasteiger partial charge >= 0.3 is 0 Å². The summed E-state index contributed by atoms with van der Waals surface area (Å²) < 4.78 is 33.0. The standard InChI is InChI=1S/C12H22N4O3S/c1-19-7-2-8-20(17,18)15-11-9-14-16(10-11)12-3-5-13-6-4-12/h9-10,12-13,15H,2-8H2,1H3. The van der Waals surface area contributed by atoms with Gasteiger partial charge in [0.1, 0.15) is 0 Å². The molecule has 7 nitrogen and oxygen atoms in total. The topological polar surface area (TPSA) is 85.2 Å². The molecule has 20 heavy (non-hydrogen) atoms. The lowest BCUT2D eigenvalue weighted by Crippen LogP contribution is -2.29. The van der Waals surface area contributed by atoms with Gasteiger partial charge in [0.15, 0.2) is 0 Å². The molecule has 0 saturated carbocycles. The maximum absolute atomic E-state index is 11.8. The summed E-state index contributed by atoms with van der Waals surface area (Å²) in [6.07, 6.45) is 5.84. The second-order valence-electron chi connectivity index (χ2n) is 4.96. The minimum Gasteiger partial charge on any atom is -0.385 e. The lowest BCUT2D eigenvalue weighted by atomic mass is 10.1. The zero-order valence-corrected chi connectivity index (χ0v) is 12.5. The highest BCUT2D eigenvalue weighted by atomic mass is 32.2. The van der Waals surface area contributed by atoms with Crippen molar-refractivity contribution in [3.8, 4) is 0 Å². The van der Waals surface area contributed by atoms with Crippen LogP contribution in [0.15, 0.2) is 12.4 Å². The van der Waals surface area contributed by atoms with E-state index < -0.39 is 10.0 Å². The van der Waals surface area contributed by atoms with E-state index in [0.717, 1.165) is 25.9 Å². The first-order chi connectivity index (χ1) is 9.61. The quantitative estimate of drug-likeness (QED) is 0.720. The average molecular weight is 302 g/mol. The Morgan fingerprint density at radius 3 is 2.95 bits per heavy atom. The summed E-state index contributed by atoms with van der Waals surface area (Å²) in [5, 5.41) is 7.55. The average Bonchev–Trinajstić information content (AvgIpc) is 2.87. The summed E-state index contributed by atoms with van der Waals surface area (Å²) in [6.45, 7) is 2.39. The van der Waals surface area contributed by atoms with Crippen LogP contribution in [-0.2, 0) is 14.8 Å². The van der Waals surface area contributed by atoms with E-state index >= 15 is 0 Å². The number of anilines is 1. The Labute approximate surface area is 119 Å². The molecular weight excluding hydrogens is 280 g/mol. The van der Waals surface area contributed by atoms with Crippen LogP contribution in [-0.4, -0.2) is 50.8 Å². The van der Waals surface area contributed by atoms with E-state index in [1.165, 1.54) is 0 Å². The Kier molecular flexibility index (Phi) is 5.38. The Bertz CT molecular complexity index is 509. The number of piperidine rings is 1. The lowest BCUT2D eigenvalue weighted by Gasteiger charge is -2.22. The second-order valence-corrected chi connectivity index (χ2v) is 6.80. The zero-order chi connectivity index (χ0) is 14.4. The van der Waals surface area contributed by atoms with Crippen LogP contribution in [0.3, 0.4) is 0 Å². The highest BCUT2D eigenvalue weighted by Gasteiger charge is 2.17. The van der Waals surface area contributed by atoms with Crippen molar-refractivity contribution in [2.75, 3.05) is 37.3 Å². The van der Waals surface area contributed by atoms with E-state index in [-0.39, 0.29) is 5.75 Å². The van der Waals surface area contributed by atoms with Crippen molar-refractivity contribution < 1.29 is 13.2 Å². The van der Waals surface area contributed by atoms with Gasteiger partial charge in [-0.1, -0.05) is 0 Å². The number of rotatable bonds is 7. The number of sulfonamides is 1. The van der Waals surface area contributed by atoms with Crippen LogP contribution in [0.1, 0.15) is 25.3 Å². The predicted molar refractivity (Wildman–Crippen MR) is 77.3 cm³/mol. The minimum atomic E-state index is -3.32. The van der Waals surface area contributed by atoms with Gasteiger partial charge in [-0.25, -0.2) is 8.42 Å². The lowest BCUT2D eigenvalue weighted by molar-refractivity contribution is 0.199. The Morgan fingerprint density at radius 1 is 1.50 bits per heavy atom. The Morgan fingerprint density at radius 2 is 2.25 bits per heavy atom. The molecular formula is C12H22N4O3S. The van der Waals surface area contributed by atoms with Gasteiger partial charge in [0.05, 0.1) is 23.7 Å². The van der Waals surface area contributed by atoms with Gasteiger partial charge < -0.3 is 10.1 Å². The van der Waals surface area contributed by atoms with E-state index in [1.807, 2.05) is 4.68 Å². The van der Waals surface area contributed by atoms with Gasteiger partial charge in [-0.2, -0.15) is 5.10 Å². The number of aromatic nitrogens is 2. The smallest absolute Gasteiger partial charge is 0.232 e. The summed E-state index contributed by atoms with van der Waals surface area (Å²) in [4.78, 5) is 0. The van der Waals surface area contributed by atoms with E-state index in [4.69, 9.17) is 4.74 Å². The third-order valence-electron chi connectivity index (χ3n) is 3.32. The number of nitrogens with zero attached hydrogens (tertiary/aromatic N) is 2. The minimum absolute atomic E-state index is 0.0549. The Hall–Kier alpha value is -1.12. The molecule has 0 bridgehead atoms. The third kappa shape index (κ3) is 4.46. The molecule has 1 aromatic heterocycles. The van der Waals surface area contributed by atoms with Crippen LogP contribution in [0.4, 0.5) is 5.69 Å². The van der Waals surface area contributed by atoms with Crippen LogP contribution in [0, 0.1) is 0 Å². The van der Waals surface area contributed by atoms with Crippen LogP contribution in [0.5, 0.6) is 0 Å². The predicted octanol–water partition coefficient (Wildman–Crippen LogP) is 0.586.